The number of rotatable bonds is 0. The highest BCUT2D eigenvalue weighted by Crippen LogP contribution is 2.00. The van der Waals surface area contributed by atoms with E-state index in [-0.39, 0.29) is 0 Å². The predicted octanol–water partition coefficient (Wildman–Crippen LogP) is 1.38. The summed E-state index contributed by atoms with van der Waals surface area (Å²) in [6.45, 7) is 4.21. The van der Waals surface area contributed by atoms with Crippen molar-refractivity contribution in [3.63, 3.8) is 0 Å². The zero-order chi connectivity index (χ0) is 8.69. The minimum Gasteiger partial charge on any atom is -0.272 e. The molecule has 0 atom stereocenters. The number of aryl methyl sites for hydroxylation is 2. The van der Waals surface area contributed by atoms with Crippen LogP contribution in [0.25, 0.3) is 0 Å². The second-order valence-electron chi connectivity index (χ2n) is 2.45. The molecule has 0 aliphatic heterocycles. The Labute approximate surface area is 68.4 Å². The fraction of sp³-hybridized carbons (Fsp3) is 0.333. The van der Waals surface area contributed by atoms with Gasteiger partial charge in [0.1, 0.15) is 0 Å². The van der Waals surface area contributed by atoms with Gasteiger partial charge >= 0.3 is 0 Å². The zero-order valence-corrected chi connectivity index (χ0v) is 7.39. The summed E-state index contributed by atoms with van der Waals surface area (Å²) in [5.74, 6) is 4.60. The number of benzene rings is 1. The number of hydrogen-bond acceptors (Lipinski definition) is 2. The maximum Gasteiger partial charge on any atom is -0.00172 e. The first-order valence-corrected chi connectivity index (χ1v) is 3.61. The number of nitrogens with two attached hydrogens (primary N) is 1. The summed E-state index contributed by atoms with van der Waals surface area (Å²) in [7, 11) is 1.65. The van der Waals surface area contributed by atoms with Crippen molar-refractivity contribution < 1.29 is 0 Å². The molecule has 62 valence electrons. The first-order chi connectivity index (χ1) is 5.20. The van der Waals surface area contributed by atoms with Crippen molar-refractivity contribution in [2.75, 3.05) is 7.05 Å². The van der Waals surface area contributed by atoms with E-state index in [0.29, 0.717) is 0 Å². The van der Waals surface area contributed by atoms with Gasteiger partial charge < -0.3 is 0 Å². The van der Waals surface area contributed by atoms with Crippen LogP contribution < -0.4 is 11.3 Å². The van der Waals surface area contributed by atoms with Crippen LogP contribution in [0.5, 0.6) is 0 Å². The Balaban J connectivity index is 0.000000292. The summed E-state index contributed by atoms with van der Waals surface area (Å²) in [5.41, 5.74) is 4.93. The van der Waals surface area contributed by atoms with E-state index in [1.54, 1.807) is 7.05 Å². The summed E-state index contributed by atoms with van der Waals surface area (Å²) >= 11 is 0. The van der Waals surface area contributed by atoms with Crippen LogP contribution in [0.2, 0.25) is 0 Å². The van der Waals surface area contributed by atoms with Gasteiger partial charge in [-0.15, -0.1) is 0 Å². The van der Waals surface area contributed by atoms with E-state index in [1.807, 2.05) is 0 Å². The number of nitrogens with one attached hydrogen (secondary N) is 1. The van der Waals surface area contributed by atoms with Crippen molar-refractivity contribution in [2.24, 2.45) is 5.84 Å². The van der Waals surface area contributed by atoms with Crippen LogP contribution in [0.3, 0.4) is 0 Å². The van der Waals surface area contributed by atoms with Gasteiger partial charge in [-0.1, -0.05) is 35.4 Å². The van der Waals surface area contributed by atoms with E-state index in [2.05, 4.69) is 49.4 Å². The highest BCUT2D eigenvalue weighted by Gasteiger charge is 1.80. The topological polar surface area (TPSA) is 38.0 Å². The third-order valence-corrected chi connectivity index (χ3v) is 1.17. The van der Waals surface area contributed by atoms with Gasteiger partial charge in [0.15, 0.2) is 0 Å². The van der Waals surface area contributed by atoms with Crippen LogP contribution >= 0.6 is 0 Å². The van der Waals surface area contributed by atoms with Crippen molar-refractivity contribution in [3.8, 4) is 0 Å². The molecule has 0 heterocycles. The molecule has 1 aromatic rings. The SMILES string of the molecule is CNN.Cc1cccc(C)c1. The zero-order valence-electron chi connectivity index (χ0n) is 7.39. The predicted molar refractivity (Wildman–Crippen MR) is 49.2 cm³/mol. The number of hydrazine groups is 1. The lowest BCUT2D eigenvalue weighted by Gasteiger charge is -1.90. The second kappa shape index (κ2) is 5.89. The molecule has 2 nitrogen and oxygen atoms in total. The second-order valence-corrected chi connectivity index (χ2v) is 2.45. The van der Waals surface area contributed by atoms with Crippen molar-refractivity contribution in [1.82, 2.24) is 5.43 Å². The maximum absolute atomic E-state index is 4.60. The lowest BCUT2D eigenvalue weighted by molar-refractivity contribution is 0.900. The summed E-state index contributed by atoms with van der Waals surface area (Å²) < 4.78 is 0. The molecule has 0 aliphatic carbocycles. The summed E-state index contributed by atoms with van der Waals surface area (Å²) in [6.07, 6.45) is 0. The molecule has 2 heteroatoms. The van der Waals surface area contributed by atoms with Crippen LogP contribution in [-0.2, 0) is 0 Å². The van der Waals surface area contributed by atoms with E-state index in [1.165, 1.54) is 11.1 Å². The van der Waals surface area contributed by atoms with E-state index >= 15 is 0 Å². The van der Waals surface area contributed by atoms with Crippen molar-refractivity contribution in [2.45, 2.75) is 13.8 Å². The molecule has 0 unspecified atom stereocenters. The monoisotopic (exact) mass is 152 g/mol. The fourth-order valence-corrected chi connectivity index (χ4v) is 0.807. The molecular weight excluding hydrogens is 136 g/mol. The van der Waals surface area contributed by atoms with Gasteiger partial charge in [-0.3, -0.25) is 11.3 Å². The Kier molecular flexibility index (Phi) is 5.43. The van der Waals surface area contributed by atoms with E-state index in [4.69, 9.17) is 0 Å². The molecule has 0 spiro atoms. The van der Waals surface area contributed by atoms with E-state index < -0.39 is 0 Å². The molecule has 1 rings (SSSR count). The molecule has 11 heavy (non-hydrogen) atoms. The van der Waals surface area contributed by atoms with Gasteiger partial charge in [0.25, 0.3) is 0 Å². The smallest absolute Gasteiger partial charge is 0.00172 e. The highest BCUT2D eigenvalue weighted by molar-refractivity contribution is 5.20. The highest BCUT2D eigenvalue weighted by atomic mass is 15.2. The normalized spacial score (nSPS) is 8.36. The molecule has 0 amide bonds. The molecule has 0 radical (unpaired) electrons. The molecule has 1 aromatic carbocycles. The third-order valence-electron chi connectivity index (χ3n) is 1.17. The molecule has 0 aliphatic rings. The van der Waals surface area contributed by atoms with Crippen LogP contribution in [0.1, 0.15) is 11.1 Å². The molecule has 0 saturated heterocycles. The fourth-order valence-electron chi connectivity index (χ4n) is 0.807. The van der Waals surface area contributed by atoms with Crippen LogP contribution in [0, 0.1) is 13.8 Å². The standard InChI is InChI=1S/C8H10.CH6N2/c1-7-4-3-5-8(2)6-7;1-3-2/h3-6H,1-2H3;3H,2H2,1H3. The first-order valence-electron chi connectivity index (χ1n) is 3.61. The molecular formula is C9H16N2. The van der Waals surface area contributed by atoms with Gasteiger partial charge in [-0.05, 0) is 20.9 Å². The Morgan fingerprint density at radius 2 is 1.55 bits per heavy atom. The van der Waals surface area contributed by atoms with Crippen molar-refractivity contribution in [3.05, 3.63) is 35.4 Å². The van der Waals surface area contributed by atoms with Gasteiger partial charge in [-0.25, -0.2) is 0 Å². The van der Waals surface area contributed by atoms with Gasteiger partial charge in [0.05, 0.1) is 0 Å². The van der Waals surface area contributed by atoms with Crippen molar-refractivity contribution >= 4 is 0 Å². The van der Waals surface area contributed by atoms with E-state index in [0.717, 1.165) is 0 Å². The van der Waals surface area contributed by atoms with E-state index in [9.17, 15) is 0 Å². The largest absolute Gasteiger partial charge is 0.272 e. The quantitative estimate of drug-likeness (QED) is 0.435. The lowest BCUT2D eigenvalue weighted by atomic mass is 10.2. The molecule has 3 N–H and O–H groups in total. The Morgan fingerprint density at radius 3 is 1.73 bits per heavy atom. The minimum atomic E-state index is 1.34. The molecule has 0 saturated carbocycles. The average Bonchev–Trinajstić information content (AvgIpc) is 1.88. The minimum absolute atomic E-state index is 1.34. The Hall–Kier alpha value is -0.860. The molecule has 0 aromatic heterocycles. The van der Waals surface area contributed by atoms with Gasteiger partial charge in [-0.2, -0.15) is 0 Å². The van der Waals surface area contributed by atoms with Crippen LogP contribution in [0.15, 0.2) is 24.3 Å². The summed E-state index contributed by atoms with van der Waals surface area (Å²) in [4.78, 5) is 0. The summed E-state index contributed by atoms with van der Waals surface area (Å²) in [6, 6.07) is 8.45. The Bertz CT molecular complexity index is 179. The van der Waals surface area contributed by atoms with Crippen LogP contribution in [0.4, 0.5) is 0 Å². The third kappa shape index (κ3) is 5.58. The maximum atomic E-state index is 4.60. The summed E-state index contributed by atoms with van der Waals surface area (Å²) in [5, 5.41) is 0. The average molecular weight is 152 g/mol. The van der Waals surface area contributed by atoms with Crippen molar-refractivity contribution in [1.29, 1.82) is 0 Å². The molecule has 0 bridgehead atoms. The molecule has 0 fully saturated rings. The number of hydrogen-bond donors (Lipinski definition) is 2. The lowest BCUT2D eigenvalue weighted by Crippen LogP contribution is -2.13. The van der Waals surface area contributed by atoms with Gasteiger partial charge in [0.2, 0.25) is 0 Å². The van der Waals surface area contributed by atoms with Crippen LogP contribution in [-0.4, -0.2) is 7.05 Å². The Morgan fingerprint density at radius 1 is 1.18 bits per heavy atom. The van der Waals surface area contributed by atoms with Gasteiger partial charge in [0, 0.05) is 0 Å². The first kappa shape index (κ1) is 10.1.